The second kappa shape index (κ2) is 7.43. The molecule has 8 heteroatoms. The Morgan fingerprint density at radius 3 is 2.81 bits per heavy atom. The normalized spacial score (nSPS) is 11.8. The number of methoxy groups -OCH3 is 1. The summed E-state index contributed by atoms with van der Waals surface area (Å²) in [5.41, 5.74) is 3.58. The van der Waals surface area contributed by atoms with Gasteiger partial charge in [0.15, 0.2) is 5.65 Å². The highest BCUT2D eigenvalue weighted by Crippen LogP contribution is 2.24. The molecule has 0 atom stereocenters. The van der Waals surface area contributed by atoms with Crippen LogP contribution in [0.2, 0.25) is 0 Å². The maximum atomic E-state index is 12.5. The zero-order chi connectivity index (χ0) is 18.7. The summed E-state index contributed by atoms with van der Waals surface area (Å²) in [4.78, 5) is 4.52. The fourth-order valence-corrected chi connectivity index (χ4v) is 4.06. The minimum absolute atomic E-state index is 0.162. The van der Waals surface area contributed by atoms with Crippen molar-refractivity contribution in [1.29, 1.82) is 0 Å². The SMILES string of the molecule is COc1ccc(C)cc1S(=O)(=O)NCCCc1cnc2cc(C)nn2c1. The molecule has 1 aromatic carbocycles. The molecule has 3 aromatic rings. The summed E-state index contributed by atoms with van der Waals surface area (Å²) in [6.07, 6.45) is 5.08. The van der Waals surface area contributed by atoms with E-state index in [-0.39, 0.29) is 4.90 Å². The van der Waals surface area contributed by atoms with Gasteiger partial charge in [0.25, 0.3) is 0 Å². The number of sulfonamides is 1. The monoisotopic (exact) mass is 374 g/mol. The smallest absolute Gasteiger partial charge is 0.244 e. The van der Waals surface area contributed by atoms with E-state index in [4.69, 9.17) is 4.74 Å². The van der Waals surface area contributed by atoms with Gasteiger partial charge in [-0.3, -0.25) is 0 Å². The number of nitrogens with zero attached hydrogens (tertiary/aromatic N) is 3. The van der Waals surface area contributed by atoms with Gasteiger partial charge in [-0.05, 0) is 49.9 Å². The van der Waals surface area contributed by atoms with E-state index in [1.165, 1.54) is 7.11 Å². The minimum Gasteiger partial charge on any atom is -0.495 e. The molecule has 2 aromatic heterocycles. The average Bonchev–Trinajstić information content (AvgIpc) is 2.98. The largest absolute Gasteiger partial charge is 0.495 e. The Hall–Kier alpha value is -2.45. The lowest BCUT2D eigenvalue weighted by molar-refractivity contribution is 0.402. The molecule has 7 nitrogen and oxygen atoms in total. The van der Waals surface area contributed by atoms with Crippen molar-refractivity contribution < 1.29 is 13.2 Å². The number of hydrogen-bond donors (Lipinski definition) is 1. The third kappa shape index (κ3) is 4.03. The molecule has 0 radical (unpaired) electrons. The molecule has 0 aliphatic heterocycles. The quantitative estimate of drug-likeness (QED) is 0.641. The van der Waals surface area contributed by atoms with Gasteiger partial charge in [0.2, 0.25) is 10.0 Å². The van der Waals surface area contributed by atoms with Crippen LogP contribution in [0.1, 0.15) is 23.2 Å². The van der Waals surface area contributed by atoms with Crippen LogP contribution in [-0.4, -0.2) is 36.7 Å². The first-order valence-electron chi connectivity index (χ1n) is 8.34. The maximum absolute atomic E-state index is 12.5. The van der Waals surface area contributed by atoms with Crippen molar-refractivity contribution in [1.82, 2.24) is 19.3 Å². The van der Waals surface area contributed by atoms with Gasteiger partial charge < -0.3 is 4.74 Å². The van der Waals surface area contributed by atoms with E-state index in [0.29, 0.717) is 25.1 Å². The van der Waals surface area contributed by atoms with E-state index in [0.717, 1.165) is 22.5 Å². The highest BCUT2D eigenvalue weighted by Gasteiger charge is 2.19. The summed E-state index contributed by atoms with van der Waals surface area (Å²) in [5.74, 6) is 0.340. The first-order chi connectivity index (χ1) is 12.4. The summed E-state index contributed by atoms with van der Waals surface area (Å²) >= 11 is 0. The number of hydrogen-bond acceptors (Lipinski definition) is 5. The van der Waals surface area contributed by atoms with Gasteiger partial charge >= 0.3 is 0 Å². The van der Waals surface area contributed by atoms with Crippen LogP contribution in [0, 0.1) is 13.8 Å². The van der Waals surface area contributed by atoms with E-state index in [2.05, 4.69) is 14.8 Å². The Morgan fingerprint density at radius 2 is 2.04 bits per heavy atom. The second-order valence-corrected chi connectivity index (χ2v) is 7.94. The van der Waals surface area contributed by atoms with Gasteiger partial charge in [0.05, 0.1) is 12.8 Å². The molecule has 0 saturated carbocycles. The molecular formula is C18H22N4O3S. The zero-order valence-corrected chi connectivity index (χ0v) is 15.9. The van der Waals surface area contributed by atoms with Crippen LogP contribution in [0.15, 0.2) is 41.6 Å². The van der Waals surface area contributed by atoms with E-state index in [9.17, 15) is 8.42 Å². The van der Waals surface area contributed by atoms with Gasteiger partial charge in [0.1, 0.15) is 10.6 Å². The Morgan fingerprint density at radius 1 is 1.23 bits per heavy atom. The third-order valence-electron chi connectivity index (χ3n) is 4.03. The number of aryl methyl sites for hydroxylation is 3. The molecule has 2 heterocycles. The first-order valence-corrected chi connectivity index (χ1v) is 9.82. The Labute approximate surface area is 153 Å². The molecule has 0 spiro atoms. The molecule has 0 aliphatic carbocycles. The second-order valence-electron chi connectivity index (χ2n) is 6.21. The van der Waals surface area contributed by atoms with Crippen molar-refractivity contribution in [3.8, 4) is 5.75 Å². The van der Waals surface area contributed by atoms with Gasteiger partial charge in [-0.1, -0.05) is 6.07 Å². The molecule has 0 amide bonds. The van der Waals surface area contributed by atoms with Crippen molar-refractivity contribution in [2.45, 2.75) is 31.6 Å². The standard InChI is InChI=1S/C18H22N4O3S/c1-13-6-7-16(25-3)17(9-13)26(23,24)20-8-4-5-15-11-19-18-10-14(2)21-22(18)12-15/h6-7,9-12,20H,4-5,8H2,1-3H3. The fourth-order valence-electron chi connectivity index (χ4n) is 2.73. The van der Waals surface area contributed by atoms with Crippen LogP contribution in [0.4, 0.5) is 0 Å². The molecule has 1 N–H and O–H groups in total. The van der Waals surface area contributed by atoms with Crippen LogP contribution in [0.5, 0.6) is 5.75 Å². The van der Waals surface area contributed by atoms with E-state index in [1.807, 2.05) is 32.2 Å². The summed E-state index contributed by atoms with van der Waals surface area (Å²) < 4.78 is 34.6. The van der Waals surface area contributed by atoms with E-state index >= 15 is 0 Å². The summed E-state index contributed by atoms with van der Waals surface area (Å²) in [5, 5.41) is 4.34. The lowest BCUT2D eigenvalue weighted by atomic mass is 10.2. The molecule has 3 rings (SSSR count). The van der Waals surface area contributed by atoms with Crippen LogP contribution < -0.4 is 9.46 Å². The number of fused-ring (bicyclic) bond motifs is 1. The van der Waals surface area contributed by atoms with Gasteiger partial charge in [-0.15, -0.1) is 0 Å². The van der Waals surface area contributed by atoms with Gasteiger partial charge in [-0.2, -0.15) is 5.10 Å². The first kappa shape index (κ1) is 18.3. The maximum Gasteiger partial charge on any atom is 0.244 e. The summed E-state index contributed by atoms with van der Waals surface area (Å²) in [7, 11) is -2.16. The molecule has 0 saturated heterocycles. The zero-order valence-electron chi connectivity index (χ0n) is 15.1. The predicted molar refractivity (Wildman–Crippen MR) is 99.0 cm³/mol. The molecule has 0 bridgehead atoms. The highest BCUT2D eigenvalue weighted by molar-refractivity contribution is 7.89. The number of rotatable bonds is 7. The number of nitrogens with one attached hydrogen (secondary N) is 1. The van der Waals surface area contributed by atoms with Crippen molar-refractivity contribution >= 4 is 15.7 Å². The van der Waals surface area contributed by atoms with Crippen LogP contribution in [0.25, 0.3) is 5.65 Å². The third-order valence-corrected chi connectivity index (χ3v) is 5.51. The predicted octanol–water partition coefficient (Wildman–Crippen LogP) is 2.27. The lowest BCUT2D eigenvalue weighted by Crippen LogP contribution is -2.25. The number of ether oxygens (including phenoxy) is 1. The average molecular weight is 374 g/mol. The molecule has 0 aliphatic rings. The topological polar surface area (TPSA) is 85.6 Å². The number of aromatic nitrogens is 3. The molecule has 0 unspecified atom stereocenters. The number of benzene rings is 1. The van der Waals surface area contributed by atoms with Crippen molar-refractivity contribution in [2.75, 3.05) is 13.7 Å². The van der Waals surface area contributed by atoms with Crippen LogP contribution in [-0.2, 0) is 16.4 Å². The Balaban J connectivity index is 1.62. The highest BCUT2D eigenvalue weighted by atomic mass is 32.2. The Bertz CT molecular complexity index is 1030. The van der Waals surface area contributed by atoms with Crippen molar-refractivity contribution in [3.63, 3.8) is 0 Å². The molecule has 0 fully saturated rings. The summed E-state index contributed by atoms with van der Waals surface area (Å²) in [6, 6.07) is 7.00. The molecule has 26 heavy (non-hydrogen) atoms. The Kier molecular flexibility index (Phi) is 5.24. The van der Waals surface area contributed by atoms with Gasteiger partial charge in [-0.25, -0.2) is 22.6 Å². The van der Waals surface area contributed by atoms with E-state index in [1.54, 1.807) is 22.8 Å². The molecule has 138 valence electrons. The van der Waals surface area contributed by atoms with Crippen LogP contribution >= 0.6 is 0 Å². The van der Waals surface area contributed by atoms with Gasteiger partial charge in [0, 0.05) is 25.0 Å². The lowest BCUT2D eigenvalue weighted by Gasteiger charge is -2.11. The van der Waals surface area contributed by atoms with E-state index < -0.39 is 10.0 Å². The minimum atomic E-state index is -3.62. The molecular weight excluding hydrogens is 352 g/mol. The van der Waals surface area contributed by atoms with Crippen molar-refractivity contribution in [2.24, 2.45) is 0 Å². The summed E-state index contributed by atoms with van der Waals surface area (Å²) in [6.45, 7) is 4.09. The fraction of sp³-hybridized carbons (Fsp3) is 0.333. The van der Waals surface area contributed by atoms with Crippen molar-refractivity contribution in [3.05, 3.63) is 53.5 Å². The van der Waals surface area contributed by atoms with Crippen LogP contribution in [0.3, 0.4) is 0 Å².